The van der Waals surface area contributed by atoms with Gasteiger partial charge in [0.25, 0.3) is 0 Å². The van der Waals surface area contributed by atoms with E-state index in [1.807, 2.05) is 0 Å². The standard InChI is InChI=1S/C14H20O8/c15-6-10-11(18)12(19)13(20)14(22-10)21-4-3-7-1-2-8(16)5-9(7)17/h1-2,5,10-20H,3-4,6H2/t10-,11-,12+,13-,14-/m1/s1. The lowest BCUT2D eigenvalue weighted by Crippen LogP contribution is -2.59. The summed E-state index contributed by atoms with van der Waals surface area (Å²) in [6.07, 6.45) is -6.31. The number of ether oxygens (including phenoxy) is 2. The number of aliphatic hydroxyl groups excluding tert-OH is 4. The fourth-order valence-corrected chi connectivity index (χ4v) is 2.25. The third kappa shape index (κ3) is 3.67. The maximum atomic E-state index is 9.79. The maximum absolute atomic E-state index is 9.79. The molecule has 5 atom stereocenters. The zero-order chi connectivity index (χ0) is 16.3. The SMILES string of the molecule is OC[C@H]1O[C@@H](OCCc2ccc(O)cc2O)[C@H](O)[C@@H](O)[C@@H]1O. The van der Waals surface area contributed by atoms with E-state index in [9.17, 15) is 25.5 Å². The van der Waals surface area contributed by atoms with Gasteiger partial charge in [-0.1, -0.05) is 6.07 Å². The van der Waals surface area contributed by atoms with Gasteiger partial charge in [-0.25, -0.2) is 0 Å². The molecule has 8 nitrogen and oxygen atoms in total. The Morgan fingerprint density at radius 2 is 1.77 bits per heavy atom. The van der Waals surface area contributed by atoms with Crippen LogP contribution in [0.4, 0.5) is 0 Å². The first-order valence-electron chi connectivity index (χ1n) is 6.87. The Bertz CT molecular complexity index is 492. The Morgan fingerprint density at radius 3 is 2.41 bits per heavy atom. The summed E-state index contributed by atoms with van der Waals surface area (Å²) < 4.78 is 10.5. The van der Waals surface area contributed by atoms with Crippen molar-refractivity contribution in [3.8, 4) is 11.5 Å². The number of phenolic OH excluding ortho intramolecular Hbond substituents is 2. The summed E-state index contributed by atoms with van der Waals surface area (Å²) in [6, 6.07) is 4.15. The summed E-state index contributed by atoms with van der Waals surface area (Å²) in [5.74, 6) is -0.145. The number of rotatable bonds is 5. The van der Waals surface area contributed by atoms with Gasteiger partial charge in [0.1, 0.15) is 35.9 Å². The number of benzene rings is 1. The number of hydrogen-bond donors (Lipinski definition) is 6. The van der Waals surface area contributed by atoms with E-state index in [0.29, 0.717) is 5.56 Å². The molecule has 0 spiro atoms. The van der Waals surface area contributed by atoms with Crippen LogP contribution in [0.1, 0.15) is 5.56 Å². The van der Waals surface area contributed by atoms with Crippen LogP contribution in [0.25, 0.3) is 0 Å². The van der Waals surface area contributed by atoms with Crippen molar-refractivity contribution in [2.75, 3.05) is 13.2 Å². The molecule has 8 heteroatoms. The number of hydrogen-bond acceptors (Lipinski definition) is 8. The number of aromatic hydroxyl groups is 2. The highest BCUT2D eigenvalue weighted by molar-refractivity contribution is 5.38. The van der Waals surface area contributed by atoms with E-state index in [1.54, 1.807) is 0 Å². The van der Waals surface area contributed by atoms with Gasteiger partial charge in [0.15, 0.2) is 6.29 Å². The molecule has 0 saturated carbocycles. The van der Waals surface area contributed by atoms with E-state index in [4.69, 9.17) is 14.6 Å². The van der Waals surface area contributed by atoms with Crippen molar-refractivity contribution >= 4 is 0 Å². The van der Waals surface area contributed by atoms with Crippen LogP contribution in [-0.4, -0.2) is 74.6 Å². The second-order valence-corrected chi connectivity index (χ2v) is 5.13. The fraction of sp³-hybridized carbons (Fsp3) is 0.571. The minimum absolute atomic E-state index is 0.0566. The van der Waals surface area contributed by atoms with Crippen LogP contribution in [0.2, 0.25) is 0 Å². The van der Waals surface area contributed by atoms with Crippen molar-refractivity contribution in [3.63, 3.8) is 0 Å². The minimum Gasteiger partial charge on any atom is -0.508 e. The van der Waals surface area contributed by atoms with Crippen LogP contribution in [0.3, 0.4) is 0 Å². The minimum atomic E-state index is -1.49. The molecular formula is C14H20O8. The molecule has 2 rings (SSSR count). The lowest BCUT2D eigenvalue weighted by molar-refractivity contribution is -0.300. The van der Waals surface area contributed by atoms with E-state index in [2.05, 4.69) is 0 Å². The topological polar surface area (TPSA) is 140 Å². The van der Waals surface area contributed by atoms with Crippen LogP contribution in [0.15, 0.2) is 18.2 Å². The molecule has 22 heavy (non-hydrogen) atoms. The molecule has 0 aromatic heterocycles. The van der Waals surface area contributed by atoms with Crippen LogP contribution in [0.5, 0.6) is 11.5 Å². The van der Waals surface area contributed by atoms with E-state index in [0.717, 1.165) is 0 Å². The van der Waals surface area contributed by atoms with Crippen molar-refractivity contribution in [2.45, 2.75) is 37.1 Å². The van der Waals surface area contributed by atoms with Crippen molar-refractivity contribution < 1.29 is 40.1 Å². The number of aliphatic hydroxyl groups is 4. The summed E-state index contributed by atoms with van der Waals surface area (Å²) in [6.45, 7) is -0.468. The summed E-state index contributed by atoms with van der Waals surface area (Å²) in [5.41, 5.74) is 0.530. The van der Waals surface area contributed by atoms with Gasteiger partial charge >= 0.3 is 0 Å². The second-order valence-electron chi connectivity index (χ2n) is 5.13. The molecule has 1 aromatic carbocycles. The smallest absolute Gasteiger partial charge is 0.186 e. The van der Waals surface area contributed by atoms with Gasteiger partial charge in [-0.05, 0) is 18.1 Å². The van der Waals surface area contributed by atoms with Crippen molar-refractivity contribution in [1.82, 2.24) is 0 Å². The average molecular weight is 316 g/mol. The van der Waals surface area contributed by atoms with E-state index in [-0.39, 0.29) is 24.5 Å². The highest BCUT2D eigenvalue weighted by Gasteiger charge is 2.43. The molecule has 0 aliphatic carbocycles. The van der Waals surface area contributed by atoms with Gasteiger partial charge in [-0.2, -0.15) is 0 Å². The molecule has 0 amide bonds. The Hall–Kier alpha value is -1.42. The normalized spacial score (nSPS) is 32.1. The van der Waals surface area contributed by atoms with E-state index < -0.39 is 37.3 Å². The molecule has 0 unspecified atom stereocenters. The Balaban J connectivity index is 1.90. The van der Waals surface area contributed by atoms with Gasteiger partial charge < -0.3 is 40.1 Å². The fourth-order valence-electron chi connectivity index (χ4n) is 2.25. The van der Waals surface area contributed by atoms with Gasteiger partial charge in [-0.15, -0.1) is 0 Å². The van der Waals surface area contributed by atoms with Crippen LogP contribution < -0.4 is 0 Å². The third-order valence-electron chi connectivity index (χ3n) is 3.57. The largest absolute Gasteiger partial charge is 0.508 e. The lowest BCUT2D eigenvalue weighted by atomic mass is 9.99. The molecule has 124 valence electrons. The monoisotopic (exact) mass is 316 g/mol. The highest BCUT2D eigenvalue weighted by Crippen LogP contribution is 2.24. The first-order chi connectivity index (χ1) is 10.4. The molecular weight excluding hydrogens is 296 g/mol. The van der Waals surface area contributed by atoms with Gasteiger partial charge in [0, 0.05) is 6.07 Å². The molecule has 0 radical (unpaired) electrons. The molecule has 1 saturated heterocycles. The first-order valence-corrected chi connectivity index (χ1v) is 6.87. The zero-order valence-corrected chi connectivity index (χ0v) is 11.7. The van der Waals surface area contributed by atoms with Gasteiger partial charge in [0.2, 0.25) is 0 Å². The maximum Gasteiger partial charge on any atom is 0.186 e. The Kier molecular flexibility index (Phi) is 5.57. The highest BCUT2D eigenvalue weighted by atomic mass is 16.7. The summed E-state index contributed by atoms with van der Waals surface area (Å²) in [5, 5.41) is 56.9. The average Bonchev–Trinajstić information content (AvgIpc) is 2.49. The molecule has 0 bridgehead atoms. The van der Waals surface area contributed by atoms with Crippen LogP contribution in [-0.2, 0) is 15.9 Å². The van der Waals surface area contributed by atoms with Crippen molar-refractivity contribution in [1.29, 1.82) is 0 Å². The zero-order valence-electron chi connectivity index (χ0n) is 11.7. The molecule has 1 aliphatic heterocycles. The predicted molar refractivity (Wildman–Crippen MR) is 73.2 cm³/mol. The molecule has 1 heterocycles. The van der Waals surface area contributed by atoms with Crippen LogP contribution >= 0.6 is 0 Å². The van der Waals surface area contributed by atoms with Crippen LogP contribution in [0, 0.1) is 0 Å². The second kappa shape index (κ2) is 7.23. The molecule has 1 fully saturated rings. The predicted octanol–water partition coefficient (Wildman–Crippen LogP) is -1.54. The molecule has 1 aromatic rings. The van der Waals surface area contributed by atoms with E-state index >= 15 is 0 Å². The quantitative estimate of drug-likeness (QED) is 0.384. The first kappa shape index (κ1) is 16.9. The molecule has 1 aliphatic rings. The molecule has 6 N–H and O–H groups in total. The van der Waals surface area contributed by atoms with Crippen molar-refractivity contribution in [2.24, 2.45) is 0 Å². The number of phenols is 2. The van der Waals surface area contributed by atoms with E-state index in [1.165, 1.54) is 18.2 Å². The summed E-state index contributed by atoms with van der Waals surface area (Å²) in [4.78, 5) is 0. The Morgan fingerprint density at radius 1 is 1.05 bits per heavy atom. The Labute approximate surface area is 126 Å². The lowest BCUT2D eigenvalue weighted by Gasteiger charge is -2.39. The third-order valence-corrected chi connectivity index (χ3v) is 3.57. The summed E-state index contributed by atoms with van der Waals surface area (Å²) in [7, 11) is 0. The van der Waals surface area contributed by atoms with Crippen molar-refractivity contribution in [3.05, 3.63) is 23.8 Å². The van der Waals surface area contributed by atoms with Gasteiger partial charge in [0.05, 0.1) is 13.2 Å². The summed E-state index contributed by atoms with van der Waals surface area (Å²) >= 11 is 0. The van der Waals surface area contributed by atoms with Gasteiger partial charge in [-0.3, -0.25) is 0 Å².